The Kier molecular flexibility index (Phi) is 7.18. The maximum atomic E-state index is 12.9. The molecule has 0 N–H and O–H groups in total. The van der Waals surface area contributed by atoms with Crippen LogP contribution < -0.4 is 0 Å². The van der Waals surface area contributed by atoms with Crippen molar-refractivity contribution in [2.45, 2.75) is 88.9 Å². The number of fused-ring (bicyclic) bond motifs is 4. The fourth-order valence-corrected chi connectivity index (χ4v) is 6.47. The molecule has 3 heterocycles. The maximum Gasteiger partial charge on any atom is 0.410 e. The lowest BCUT2D eigenvalue weighted by Gasteiger charge is -2.49. The quantitative estimate of drug-likeness (QED) is 0.450. The van der Waals surface area contributed by atoms with Crippen LogP contribution in [0.4, 0.5) is 4.79 Å². The molecule has 3 aliphatic heterocycles. The maximum absolute atomic E-state index is 12.9. The van der Waals surface area contributed by atoms with Crippen molar-refractivity contribution in [1.82, 2.24) is 9.80 Å². The van der Waals surface area contributed by atoms with Gasteiger partial charge in [0.25, 0.3) is 0 Å². The van der Waals surface area contributed by atoms with Crippen LogP contribution in [0.2, 0.25) is 0 Å². The van der Waals surface area contributed by atoms with Gasteiger partial charge in [0.05, 0.1) is 18.9 Å². The lowest BCUT2D eigenvalue weighted by molar-refractivity contribution is -0.0327. The second-order valence-corrected chi connectivity index (χ2v) is 11.3. The number of ether oxygens (including phenoxy) is 4. The molecule has 4 bridgehead atoms. The highest BCUT2D eigenvalue weighted by Crippen LogP contribution is 2.45. The Labute approximate surface area is 197 Å². The predicted molar refractivity (Wildman–Crippen MR) is 122 cm³/mol. The molecule has 4 rings (SSSR count). The van der Waals surface area contributed by atoms with Crippen molar-refractivity contribution in [1.29, 1.82) is 0 Å². The average molecular weight is 471 g/mol. The highest BCUT2D eigenvalue weighted by Gasteiger charge is 2.48. The first kappa shape index (κ1) is 24.0. The number of halogens is 1. The molecule has 3 saturated heterocycles. The summed E-state index contributed by atoms with van der Waals surface area (Å²) in [6.07, 6.45) is 4.49. The number of carbonyl (C=O) groups is 1. The first-order chi connectivity index (χ1) is 15.2. The molecule has 1 unspecified atom stereocenters. The van der Waals surface area contributed by atoms with E-state index in [4.69, 9.17) is 30.5 Å². The SMILES string of the molecule is COCOC1=C2[C@@H](C)C(COCCN2[C@@H]2C[C@H]3CC[C@@H](C2)N3C(=O)OC(C)(C)C)[C@H](Cl)C1. The fourth-order valence-electron chi connectivity index (χ4n) is 6.03. The zero-order chi connectivity index (χ0) is 23.0. The van der Waals surface area contributed by atoms with E-state index in [1.165, 1.54) is 5.70 Å². The van der Waals surface area contributed by atoms with Gasteiger partial charge in [-0.15, -0.1) is 11.6 Å². The normalized spacial score (nSPS) is 35.4. The summed E-state index contributed by atoms with van der Waals surface area (Å²) >= 11 is 6.76. The Bertz CT molecular complexity index is 710. The lowest BCUT2D eigenvalue weighted by atomic mass is 9.79. The lowest BCUT2D eigenvalue weighted by Crippen LogP contribution is -2.55. The van der Waals surface area contributed by atoms with E-state index < -0.39 is 5.60 Å². The molecule has 1 aliphatic carbocycles. The Hall–Kier alpha value is -1.18. The summed E-state index contributed by atoms with van der Waals surface area (Å²) in [5.41, 5.74) is 0.791. The van der Waals surface area contributed by atoms with Gasteiger partial charge in [-0.1, -0.05) is 6.92 Å². The molecule has 182 valence electrons. The van der Waals surface area contributed by atoms with E-state index >= 15 is 0 Å². The minimum absolute atomic E-state index is 0.00856. The largest absolute Gasteiger partial charge is 0.470 e. The first-order valence-corrected chi connectivity index (χ1v) is 12.5. The van der Waals surface area contributed by atoms with Crippen LogP contribution in [-0.4, -0.2) is 78.7 Å². The van der Waals surface area contributed by atoms with Crippen molar-refractivity contribution < 1.29 is 23.7 Å². The third-order valence-electron chi connectivity index (χ3n) is 7.40. The highest BCUT2D eigenvalue weighted by molar-refractivity contribution is 6.21. The molecule has 0 aromatic carbocycles. The molecule has 0 saturated carbocycles. The zero-order valence-electron chi connectivity index (χ0n) is 20.1. The summed E-state index contributed by atoms with van der Waals surface area (Å²) in [6, 6.07) is 0.790. The van der Waals surface area contributed by atoms with Crippen LogP contribution in [0.15, 0.2) is 11.5 Å². The minimum Gasteiger partial charge on any atom is -0.470 e. The number of nitrogens with zero attached hydrogens (tertiary/aromatic N) is 2. The molecule has 0 spiro atoms. The van der Waals surface area contributed by atoms with Crippen LogP contribution in [-0.2, 0) is 18.9 Å². The second-order valence-electron chi connectivity index (χ2n) is 10.7. The van der Waals surface area contributed by atoms with E-state index in [1.54, 1.807) is 7.11 Å². The average Bonchev–Trinajstić information content (AvgIpc) is 2.97. The Morgan fingerprint density at radius 1 is 1.19 bits per heavy atom. The molecular formula is C24H39ClN2O5. The van der Waals surface area contributed by atoms with Gasteiger partial charge in [-0.05, 0) is 46.5 Å². The summed E-state index contributed by atoms with van der Waals surface area (Å²) in [4.78, 5) is 17.4. The monoisotopic (exact) mass is 470 g/mol. The third kappa shape index (κ3) is 4.85. The van der Waals surface area contributed by atoms with Gasteiger partial charge in [0, 0.05) is 55.4 Å². The molecule has 0 aromatic heterocycles. The third-order valence-corrected chi connectivity index (χ3v) is 7.88. The highest BCUT2D eigenvalue weighted by atomic mass is 35.5. The Balaban J connectivity index is 1.57. The van der Waals surface area contributed by atoms with Crippen molar-refractivity contribution in [3.63, 3.8) is 0 Å². The van der Waals surface area contributed by atoms with E-state index in [2.05, 4.69) is 11.8 Å². The van der Waals surface area contributed by atoms with Crippen LogP contribution in [0.5, 0.6) is 0 Å². The number of alkyl halides is 1. The Morgan fingerprint density at radius 3 is 2.50 bits per heavy atom. The van der Waals surface area contributed by atoms with E-state index in [-0.39, 0.29) is 42.2 Å². The standard InChI is InChI=1S/C24H39ClN2O5/c1-15-19-13-30-9-8-26(22(15)21(12-20(19)25)31-14-29-5)18-10-16-6-7-17(11-18)27(16)23(28)32-24(2,3)4/h15-20H,6-14H2,1-5H3/t15-,16-,17+,18-,19?,20+/m0/s1. The van der Waals surface area contributed by atoms with E-state index in [0.717, 1.165) is 38.0 Å². The molecular weight excluding hydrogens is 432 g/mol. The van der Waals surface area contributed by atoms with Gasteiger partial charge >= 0.3 is 6.09 Å². The van der Waals surface area contributed by atoms with Gasteiger partial charge in [0.15, 0.2) is 6.79 Å². The van der Waals surface area contributed by atoms with E-state index in [1.807, 2.05) is 25.7 Å². The van der Waals surface area contributed by atoms with Crippen molar-refractivity contribution in [2.75, 3.05) is 33.7 Å². The van der Waals surface area contributed by atoms with Crippen LogP contribution >= 0.6 is 11.6 Å². The van der Waals surface area contributed by atoms with Crippen molar-refractivity contribution in [2.24, 2.45) is 11.8 Å². The molecule has 8 heteroatoms. The predicted octanol–water partition coefficient (Wildman–Crippen LogP) is 4.34. The molecule has 7 nitrogen and oxygen atoms in total. The molecule has 32 heavy (non-hydrogen) atoms. The molecule has 6 atom stereocenters. The fraction of sp³-hybridized carbons (Fsp3) is 0.875. The number of carbonyl (C=O) groups excluding carboxylic acids is 1. The molecule has 0 aromatic rings. The van der Waals surface area contributed by atoms with Gasteiger partial charge in [-0.2, -0.15) is 0 Å². The second kappa shape index (κ2) is 9.59. The number of rotatable bonds is 4. The number of hydrogen-bond donors (Lipinski definition) is 0. The summed E-state index contributed by atoms with van der Waals surface area (Å²) < 4.78 is 23.0. The summed E-state index contributed by atoms with van der Waals surface area (Å²) in [7, 11) is 1.65. The summed E-state index contributed by atoms with van der Waals surface area (Å²) in [5.74, 6) is 1.47. The van der Waals surface area contributed by atoms with Crippen molar-refractivity contribution in [3.8, 4) is 0 Å². The number of piperidine rings is 1. The Morgan fingerprint density at radius 2 is 1.88 bits per heavy atom. The first-order valence-electron chi connectivity index (χ1n) is 12.0. The molecule has 3 fully saturated rings. The van der Waals surface area contributed by atoms with Crippen molar-refractivity contribution in [3.05, 3.63) is 11.5 Å². The summed E-state index contributed by atoms with van der Waals surface area (Å²) in [6.45, 7) is 10.5. The molecule has 4 aliphatic rings. The summed E-state index contributed by atoms with van der Waals surface area (Å²) in [5, 5.41) is -0.00856. The topological polar surface area (TPSA) is 60.5 Å². The number of methoxy groups -OCH3 is 1. The molecule has 0 radical (unpaired) electrons. The van der Waals surface area contributed by atoms with Crippen LogP contribution in [0, 0.1) is 11.8 Å². The van der Waals surface area contributed by atoms with Crippen LogP contribution in [0.25, 0.3) is 0 Å². The van der Waals surface area contributed by atoms with Crippen LogP contribution in [0.3, 0.4) is 0 Å². The van der Waals surface area contributed by atoms with Gasteiger partial charge < -0.3 is 28.7 Å². The van der Waals surface area contributed by atoms with Gasteiger partial charge in [-0.25, -0.2) is 4.79 Å². The van der Waals surface area contributed by atoms with Crippen LogP contribution in [0.1, 0.15) is 59.8 Å². The smallest absolute Gasteiger partial charge is 0.410 e. The van der Waals surface area contributed by atoms with Gasteiger partial charge in [0.1, 0.15) is 11.4 Å². The van der Waals surface area contributed by atoms with Crippen molar-refractivity contribution >= 4 is 17.7 Å². The van der Waals surface area contributed by atoms with Gasteiger partial charge in [0.2, 0.25) is 0 Å². The number of allylic oxidation sites excluding steroid dienone is 2. The molecule has 1 amide bonds. The zero-order valence-corrected chi connectivity index (χ0v) is 20.9. The minimum atomic E-state index is -0.475. The van der Waals surface area contributed by atoms with Gasteiger partial charge in [-0.3, -0.25) is 0 Å². The number of hydrogen-bond acceptors (Lipinski definition) is 6. The van der Waals surface area contributed by atoms with E-state index in [0.29, 0.717) is 25.7 Å². The number of amides is 1. The van der Waals surface area contributed by atoms with E-state index in [9.17, 15) is 4.79 Å².